The van der Waals surface area contributed by atoms with E-state index in [4.69, 9.17) is 4.74 Å². The van der Waals surface area contributed by atoms with E-state index in [1.54, 1.807) is 41.8 Å². The Bertz CT molecular complexity index is 1280. The van der Waals surface area contributed by atoms with Crippen LogP contribution < -0.4 is 15.6 Å². The fraction of sp³-hybridized carbons (Fsp3) is 0.125. The van der Waals surface area contributed by atoms with Crippen molar-refractivity contribution in [1.29, 1.82) is 0 Å². The maximum absolute atomic E-state index is 12.9. The summed E-state index contributed by atoms with van der Waals surface area (Å²) in [6.45, 7) is 3.64. The van der Waals surface area contributed by atoms with Gasteiger partial charge in [0, 0.05) is 5.69 Å². The molecule has 1 aromatic heterocycles. The summed E-state index contributed by atoms with van der Waals surface area (Å²) in [7, 11) is 0. The summed E-state index contributed by atoms with van der Waals surface area (Å²) in [5.41, 5.74) is 2.83. The Kier molecular flexibility index (Phi) is 5.30. The van der Waals surface area contributed by atoms with Crippen molar-refractivity contribution in [3.63, 3.8) is 0 Å². The quantitative estimate of drug-likeness (QED) is 0.550. The van der Waals surface area contributed by atoms with Gasteiger partial charge >= 0.3 is 0 Å². The third-order valence-corrected chi connectivity index (χ3v) is 4.81. The molecule has 0 unspecified atom stereocenters. The maximum atomic E-state index is 12.9. The van der Waals surface area contributed by atoms with E-state index in [2.05, 4.69) is 10.3 Å². The Labute approximate surface area is 173 Å². The lowest BCUT2D eigenvalue weighted by atomic mass is 10.2. The number of benzene rings is 3. The highest BCUT2D eigenvalue weighted by Gasteiger charge is 2.10. The number of amides is 1. The van der Waals surface area contributed by atoms with Crippen LogP contribution in [0, 0.1) is 13.8 Å². The first-order valence-electron chi connectivity index (χ1n) is 9.60. The molecule has 3 aromatic carbocycles. The lowest BCUT2D eigenvalue weighted by Gasteiger charge is -2.12. The minimum absolute atomic E-state index is 0.0836. The summed E-state index contributed by atoms with van der Waals surface area (Å²) in [6, 6.07) is 21.9. The van der Waals surface area contributed by atoms with Gasteiger partial charge in [-0.1, -0.05) is 30.3 Å². The van der Waals surface area contributed by atoms with Gasteiger partial charge in [-0.15, -0.1) is 0 Å². The summed E-state index contributed by atoms with van der Waals surface area (Å²) in [5.74, 6) is 1.02. The van der Waals surface area contributed by atoms with Gasteiger partial charge in [-0.05, 0) is 61.9 Å². The number of aryl methyl sites for hydroxylation is 2. The van der Waals surface area contributed by atoms with Gasteiger partial charge in [-0.3, -0.25) is 14.2 Å². The number of para-hydroxylation sites is 2. The van der Waals surface area contributed by atoms with Crippen LogP contribution in [0.1, 0.15) is 11.4 Å². The zero-order chi connectivity index (χ0) is 21.1. The van der Waals surface area contributed by atoms with Crippen molar-refractivity contribution >= 4 is 22.5 Å². The minimum Gasteiger partial charge on any atom is -0.483 e. The molecule has 0 aliphatic heterocycles. The Morgan fingerprint density at radius 1 is 0.967 bits per heavy atom. The van der Waals surface area contributed by atoms with Crippen molar-refractivity contribution in [1.82, 2.24) is 9.55 Å². The maximum Gasteiger partial charge on any atom is 0.265 e. The molecule has 0 saturated carbocycles. The minimum atomic E-state index is -0.258. The number of nitrogens with one attached hydrogen (secondary N) is 1. The monoisotopic (exact) mass is 399 g/mol. The topological polar surface area (TPSA) is 73.2 Å². The fourth-order valence-corrected chi connectivity index (χ4v) is 3.30. The number of fused-ring (bicyclic) bond motifs is 1. The van der Waals surface area contributed by atoms with Gasteiger partial charge in [0.1, 0.15) is 11.6 Å². The summed E-state index contributed by atoms with van der Waals surface area (Å²) in [6.07, 6.45) is 0. The predicted molar refractivity (Wildman–Crippen MR) is 117 cm³/mol. The molecule has 0 bridgehead atoms. The van der Waals surface area contributed by atoms with E-state index in [1.165, 1.54) is 0 Å². The van der Waals surface area contributed by atoms with Gasteiger partial charge in [-0.2, -0.15) is 0 Å². The Balaban J connectivity index is 1.50. The van der Waals surface area contributed by atoms with E-state index in [9.17, 15) is 9.59 Å². The summed E-state index contributed by atoms with van der Waals surface area (Å²) >= 11 is 0. The van der Waals surface area contributed by atoms with Crippen molar-refractivity contribution in [2.24, 2.45) is 0 Å². The molecule has 6 heteroatoms. The summed E-state index contributed by atoms with van der Waals surface area (Å²) < 4.78 is 7.14. The van der Waals surface area contributed by atoms with Crippen molar-refractivity contribution in [2.45, 2.75) is 13.8 Å². The van der Waals surface area contributed by atoms with Crippen LogP contribution in [0.2, 0.25) is 0 Å². The predicted octanol–water partition coefficient (Wildman–Crippen LogP) is 4.02. The van der Waals surface area contributed by atoms with Gasteiger partial charge in [0.2, 0.25) is 0 Å². The van der Waals surface area contributed by atoms with E-state index in [0.717, 1.165) is 5.56 Å². The first kappa shape index (κ1) is 19.4. The Hall–Kier alpha value is -3.93. The molecule has 0 spiro atoms. The standard InChI is InChI=1S/C24H21N3O3/c1-16-7-3-6-10-22(16)30-15-23(28)26-18-11-13-19(14-12-18)27-17(2)25-21-9-5-4-8-20(21)24(27)29/h3-14H,15H2,1-2H3,(H,26,28). The molecule has 0 atom stereocenters. The SMILES string of the molecule is Cc1ccccc1OCC(=O)Nc1ccc(-n2c(C)nc3ccccc3c2=O)cc1. The van der Waals surface area contributed by atoms with E-state index in [-0.39, 0.29) is 18.1 Å². The second-order valence-corrected chi connectivity index (χ2v) is 6.97. The third kappa shape index (κ3) is 3.93. The smallest absolute Gasteiger partial charge is 0.265 e. The molecular weight excluding hydrogens is 378 g/mol. The van der Waals surface area contributed by atoms with E-state index >= 15 is 0 Å². The largest absolute Gasteiger partial charge is 0.483 e. The molecule has 1 amide bonds. The Morgan fingerprint density at radius 2 is 1.67 bits per heavy atom. The van der Waals surface area contributed by atoms with Gasteiger partial charge in [0.05, 0.1) is 16.6 Å². The second-order valence-electron chi connectivity index (χ2n) is 6.97. The van der Waals surface area contributed by atoms with E-state index in [1.807, 2.05) is 49.4 Å². The first-order valence-corrected chi connectivity index (χ1v) is 9.60. The van der Waals surface area contributed by atoms with Crippen LogP contribution in [0.4, 0.5) is 5.69 Å². The highest BCUT2D eigenvalue weighted by molar-refractivity contribution is 5.92. The van der Waals surface area contributed by atoms with Crippen LogP contribution in [-0.4, -0.2) is 22.1 Å². The summed E-state index contributed by atoms with van der Waals surface area (Å²) in [5, 5.41) is 3.37. The van der Waals surface area contributed by atoms with Gasteiger partial charge in [0.15, 0.2) is 6.61 Å². The molecule has 4 rings (SSSR count). The molecule has 6 nitrogen and oxygen atoms in total. The average Bonchev–Trinajstić information content (AvgIpc) is 2.74. The number of ether oxygens (including phenoxy) is 1. The zero-order valence-electron chi connectivity index (χ0n) is 16.8. The molecule has 0 fully saturated rings. The number of carbonyl (C=O) groups is 1. The lowest BCUT2D eigenvalue weighted by molar-refractivity contribution is -0.118. The number of rotatable bonds is 5. The fourth-order valence-electron chi connectivity index (χ4n) is 3.30. The summed E-state index contributed by atoms with van der Waals surface area (Å²) in [4.78, 5) is 29.6. The number of hydrogen-bond acceptors (Lipinski definition) is 4. The van der Waals surface area contributed by atoms with Crippen LogP contribution in [0.15, 0.2) is 77.6 Å². The molecule has 0 saturated heterocycles. The number of aromatic nitrogens is 2. The number of carbonyl (C=O) groups excluding carboxylic acids is 1. The molecule has 0 aliphatic carbocycles. The van der Waals surface area contributed by atoms with Crippen LogP contribution in [0.25, 0.3) is 16.6 Å². The van der Waals surface area contributed by atoms with Crippen molar-refractivity contribution in [3.05, 3.63) is 94.5 Å². The normalized spacial score (nSPS) is 10.7. The van der Waals surface area contributed by atoms with Gasteiger partial charge < -0.3 is 10.1 Å². The van der Waals surface area contributed by atoms with E-state index in [0.29, 0.717) is 33.9 Å². The first-order chi connectivity index (χ1) is 14.5. The lowest BCUT2D eigenvalue weighted by Crippen LogP contribution is -2.22. The van der Waals surface area contributed by atoms with Gasteiger partial charge in [0.25, 0.3) is 11.5 Å². The molecule has 1 heterocycles. The number of hydrogen-bond donors (Lipinski definition) is 1. The molecule has 150 valence electrons. The highest BCUT2D eigenvalue weighted by atomic mass is 16.5. The van der Waals surface area contributed by atoms with Gasteiger partial charge in [-0.25, -0.2) is 4.98 Å². The molecule has 0 aliphatic rings. The second kappa shape index (κ2) is 8.21. The highest BCUT2D eigenvalue weighted by Crippen LogP contribution is 2.17. The van der Waals surface area contributed by atoms with Crippen LogP contribution in [0.3, 0.4) is 0 Å². The van der Waals surface area contributed by atoms with E-state index < -0.39 is 0 Å². The van der Waals surface area contributed by atoms with Crippen LogP contribution in [-0.2, 0) is 4.79 Å². The molecule has 30 heavy (non-hydrogen) atoms. The number of anilines is 1. The average molecular weight is 399 g/mol. The van der Waals surface area contributed by atoms with Crippen LogP contribution >= 0.6 is 0 Å². The molecule has 1 N–H and O–H groups in total. The van der Waals surface area contributed by atoms with Crippen molar-refractivity contribution < 1.29 is 9.53 Å². The molecule has 0 radical (unpaired) electrons. The van der Waals surface area contributed by atoms with Crippen molar-refractivity contribution in [3.8, 4) is 11.4 Å². The molecular formula is C24H21N3O3. The van der Waals surface area contributed by atoms with Crippen LogP contribution in [0.5, 0.6) is 5.75 Å². The van der Waals surface area contributed by atoms with Crippen molar-refractivity contribution in [2.75, 3.05) is 11.9 Å². The number of nitrogens with zero attached hydrogens (tertiary/aromatic N) is 2. The Morgan fingerprint density at radius 3 is 2.43 bits per heavy atom. The molecule has 4 aromatic rings. The zero-order valence-corrected chi connectivity index (χ0v) is 16.8. The third-order valence-electron chi connectivity index (χ3n) is 4.81.